The van der Waals surface area contributed by atoms with Gasteiger partial charge in [0.1, 0.15) is 9.68 Å². The predicted molar refractivity (Wildman–Crippen MR) is 56.3 cm³/mol. The maximum absolute atomic E-state index is 4.03. The van der Waals surface area contributed by atoms with E-state index >= 15 is 0 Å². The van der Waals surface area contributed by atoms with Crippen LogP contribution in [0.2, 0.25) is 0 Å². The van der Waals surface area contributed by atoms with Gasteiger partial charge in [-0.2, -0.15) is 0 Å². The smallest absolute Gasteiger partial charge is 0.135 e. The molecular weight excluding hydrogens is 176 g/mol. The normalized spacial score (nSPS) is 11.1. The van der Waals surface area contributed by atoms with Crippen molar-refractivity contribution >= 4 is 9.68 Å². The summed E-state index contributed by atoms with van der Waals surface area (Å²) < 4.78 is 2.23. The second kappa shape index (κ2) is 4.05. The molecule has 0 bridgehead atoms. The van der Waals surface area contributed by atoms with Gasteiger partial charge in [0.05, 0.1) is 6.33 Å². The van der Waals surface area contributed by atoms with Gasteiger partial charge in [-0.15, -0.1) is 0 Å². The Hall–Kier alpha value is -1.35. The van der Waals surface area contributed by atoms with Gasteiger partial charge >= 0.3 is 0 Å². The molecule has 13 heavy (non-hydrogen) atoms. The van der Waals surface area contributed by atoms with Gasteiger partial charge in [-0.05, 0) is 11.6 Å². The lowest BCUT2D eigenvalue weighted by atomic mass is 10.2. The van der Waals surface area contributed by atoms with Crippen LogP contribution in [0.1, 0.15) is 5.56 Å². The minimum atomic E-state index is -0.213. The summed E-state index contributed by atoms with van der Waals surface area (Å²) in [7, 11) is -0.213. The van der Waals surface area contributed by atoms with Crippen LogP contribution in [0.15, 0.2) is 49.1 Å². The number of rotatable bonds is 3. The van der Waals surface area contributed by atoms with E-state index in [2.05, 4.69) is 45.7 Å². The molecular formula is C10H12N2Si. The molecule has 0 aliphatic rings. The lowest BCUT2D eigenvalue weighted by Crippen LogP contribution is -2.07. The number of aromatic nitrogens is 2. The van der Waals surface area contributed by atoms with Crippen LogP contribution in [0.25, 0.3) is 0 Å². The second-order valence-corrected chi connectivity index (χ2v) is 4.71. The first-order valence-electron chi connectivity index (χ1n) is 4.45. The number of hydrogen-bond donors (Lipinski definition) is 0. The molecule has 66 valence electrons. The summed E-state index contributed by atoms with van der Waals surface area (Å²) in [5.41, 5.74) is 1.43. The highest BCUT2D eigenvalue weighted by atomic mass is 28.2. The molecule has 1 aromatic carbocycles. The maximum Gasteiger partial charge on any atom is 0.135 e. The van der Waals surface area contributed by atoms with E-state index in [1.54, 1.807) is 0 Å². The second-order valence-electron chi connectivity index (χ2n) is 3.04. The molecule has 0 saturated heterocycles. The monoisotopic (exact) mass is 188 g/mol. The molecule has 0 radical (unpaired) electrons. The van der Waals surface area contributed by atoms with E-state index in [4.69, 9.17) is 0 Å². The van der Waals surface area contributed by atoms with Crippen molar-refractivity contribution in [1.82, 2.24) is 9.22 Å². The number of imidazole rings is 1. The minimum Gasteiger partial charge on any atom is -0.370 e. The molecule has 1 aromatic heterocycles. The maximum atomic E-state index is 4.03. The van der Waals surface area contributed by atoms with Crippen LogP contribution in [0.4, 0.5) is 0 Å². The van der Waals surface area contributed by atoms with E-state index in [0.717, 1.165) is 0 Å². The minimum absolute atomic E-state index is 0.213. The average Bonchev–Trinajstić information content (AvgIpc) is 2.69. The van der Waals surface area contributed by atoms with E-state index in [-0.39, 0.29) is 9.68 Å². The topological polar surface area (TPSA) is 17.8 Å². The molecule has 3 heteroatoms. The summed E-state index contributed by atoms with van der Waals surface area (Å²) in [6, 6.07) is 11.8. The Labute approximate surface area is 80.1 Å². The molecule has 0 spiro atoms. The van der Waals surface area contributed by atoms with Gasteiger partial charge in [-0.1, -0.05) is 30.3 Å². The van der Waals surface area contributed by atoms with Crippen LogP contribution < -0.4 is 0 Å². The van der Waals surface area contributed by atoms with E-state index < -0.39 is 0 Å². The third-order valence-corrected chi connectivity index (χ3v) is 3.75. The molecule has 2 nitrogen and oxygen atoms in total. The first-order chi connectivity index (χ1) is 6.45. The standard InChI is InChI=1S/C10H12N2Si/c1-2-4-10(5-3-1)8-13-12-7-6-11-9-12/h1-7,9H,8,13H2. The Morgan fingerprint density at radius 2 is 2.08 bits per heavy atom. The summed E-state index contributed by atoms with van der Waals surface area (Å²) in [6.45, 7) is 0. The van der Waals surface area contributed by atoms with Crippen molar-refractivity contribution in [2.24, 2.45) is 0 Å². The van der Waals surface area contributed by atoms with Gasteiger partial charge < -0.3 is 4.23 Å². The Kier molecular flexibility index (Phi) is 2.57. The SMILES string of the molecule is c1ccc(C[SiH2]n2ccnc2)cc1. The molecule has 0 atom stereocenters. The third kappa shape index (κ3) is 2.29. The molecule has 0 aliphatic heterocycles. The Morgan fingerprint density at radius 1 is 1.23 bits per heavy atom. The molecule has 0 fully saturated rings. The molecule has 0 unspecified atom stereocenters. The Bertz CT molecular complexity index is 342. The number of hydrogen-bond acceptors (Lipinski definition) is 1. The molecule has 0 N–H and O–H groups in total. The van der Waals surface area contributed by atoms with Crippen LogP contribution in [-0.4, -0.2) is 18.9 Å². The van der Waals surface area contributed by atoms with E-state index in [1.165, 1.54) is 11.6 Å². The van der Waals surface area contributed by atoms with Crippen molar-refractivity contribution in [3.05, 3.63) is 54.6 Å². The lowest BCUT2D eigenvalue weighted by molar-refractivity contribution is 1.16. The van der Waals surface area contributed by atoms with Crippen molar-refractivity contribution in [2.45, 2.75) is 6.04 Å². The Balaban J connectivity index is 1.94. The summed E-state index contributed by atoms with van der Waals surface area (Å²) in [5, 5.41) is 0. The van der Waals surface area contributed by atoms with Crippen molar-refractivity contribution in [2.75, 3.05) is 0 Å². The van der Waals surface area contributed by atoms with Crippen molar-refractivity contribution in [1.29, 1.82) is 0 Å². The zero-order valence-electron chi connectivity index (χ0n) is 7.43. The highest BCUT2D eigenvalue weighted by Gasteiger charge is 1.93. The van der Waals surface area contributed by atoms with Crippen LogP contribution in [0.5, 0.6) is 0 Å². The van der Waals surface area contributed by atoms with Crippen LogP contribution in [0.3, 0.4) is 0 Å². The fraction of sp³-hybridized carbons (Fsp3) is 0.100. The Morgan fingerprint density at radius 3 is 2.77 bits per heavy atom. The van der Waals surface area contributed by atoms with Crippen molar-refractivity contribution < 1.29 is 0 Å². The summed E-state index contributed by atoms with van der Waals surface area (Å²) >= 11 is 0. The summed E-state index contributed by atoms with van der Waals surface area (Å²) in [6.07, 6.45) is 5.81. The highest BCUT2D eigenvalue weighted by Crippen LogP contribution is 1.98. The van der Waals surface area contributed by atoms with Crippen LogP contribution >= 0.6 is 0 Å². The highest BCUT2D eigenvalue weighted by molar-refractivity contribution is 6.32. The van der Waals surface area contributed by atoms with Gasteiger partial charge in [0.2, 0.25) is 0 Å². The van der Waals surface area contributed by atoms with Gasteiger partial charge in [-0.3, -0.25) is 0 Å². The predicted octanol–water partition coefficient (Wildman–Crippen LogP) is 1.02. The molecule has 1 heterocycles. The third-order valence-electron chi connectivity index (χ3n) is 2.06. The van der Waals surface area contributed by atoms with Gasteiger partial charge in [0, 0.05) is 12.4 Å². The first-order valence-corrected chi connectivity index (χ1v) is 6.08. The largest absolute Gasteiger partial charge is 0.370 e. The van der Waals surface area contributed by atoms with Gasteiger partial charge in [0.15, 0.2) is 0 Å². The average molecular weight is 188 g/mol. The number of benzene rings is 1. The lowest BCUT2D eigenvalue weighted by Gasteiger charge is -2.00. The molecule has 0 saturated carbocycles. The van der Waals surface area contributed by atoms with Crippen LogP contribution in [-0.2, 0) is 6.04 Å². The van der Waals surface area contributed by atoms with Gasteiger partial charge in [0.25, 0.3) is 0 Å². The van der Waals surface area contributed by atoms with Crippen LogP contribution in [0, 0.1) is 0 Å². The number of nitrogens with zero attached hydrogens (tertiary/aromatic N) is 2. The molecule has 2 aromatic rings. The molecule has 2 rings (SSSR count). The first kappa shape index (κ1) is 8.25. The molecule has 0 amide bonds. The molecule has 0 aliphatic carbocycles. The zero-order chi connectivity index (χ0) is 8.93. The van der Waals surface area contributed by atoms with Crippen molar-refractivity contribution in [3.8, 4) is 0 Å². The van der Waals surface area contributed by atoms with Crippen molar-refractivity contribution in [3.63, 3.8) is 0 Å². The fourth-order valence-electron chi connectivity index (χ4n) is 1.32. The van der Waals surface area contributed by atoms with Gasteiger partial charge in [-0.25, -0.2) is 4.98 Å². The zero-order valence-corrected chi connectivity index (χ0v) is 8.84. The fourth-order valence-corrected chi connectivity index (χ4v) is 2.62. The summed E-state index contributed by atoms with van der Waals surface area (Å²) in [5.74, 6) is 0. The quantitative estimate of drug-likeness (QED) is 0.657. The summed E-state index contributed by atoms with van der Waals surface area (Å²) in [4.78, 5) is 4.03. The van der Waals surface area contributed by atoms with E-state index in [1.807, 2.05) is 12.5 Å². The van der Waals surface area contributed by atoms with E-state index in [0.29, 0.717) is 0 Å². The van der Waals surface area contributed by atoms with E-state index in [9.17, 15) is 0 Å².